The number of nitrogens with two attached hydrogens (primary N) is 1. The van der Waals surface area contributed by atoms with E-state index in [0.717, 1.165) is 24.5 Å². The SMILES string of the molecule is COc1cccc(CO/N=C2\CN(c3nc4c(cc3F)c(=O)c(C(=O)O)cn4C3CC3)CC2CN)c1OC.CS(=O)(=O)O. The minimum Gasteiger partial charge on any atom is -0.493 e. The Bertz CT molecular complexity index is 1720. The van der Waals surface area contributed by atoms with E-state index in [4.69, 9.17) is 24.6 Å². The molecule has 4 N–H and O–H groups in total. The molecule has 0 radical (unpaired) electrons. The smallest absolute Gasteiger partial charge is 0.341 e. The highest BCUT2D eigenvalue weighted by atomic mass is 32.2. The molecule has 3 aromatic rings. The lowest BCUT2D eigenvalue weighted by molar-refractivity contribution is 0.0694. The number of nitrogens with zero attached hydrogens (tertiary/aromatic N) is 4. The van der Waals surface area contributed by atoms with E-state index < -0.39 is 32.9 Å². The molecule has 5 rings (SSSR count). The lowest BCUT2D eigenvalue weighted by Crippen LogP contribution is -2.26. The number of halogens is 1. The molecular weight excluding hydrogens is 589 g/mol. The summed E-state index contributed by atoms with van der Waals surface area (Å²) in [6.45, 7) is 0.985. The van der Waals surface area contributed by atoms with Gasteiger partial charge in [0.1, 0.15) is 17.8 Å². The molecule has 3 heterocycles. The van der Waals surface area contributed by atoms with Crippen LogP contribution in [0.5, 0.6) is 11.5 Å². The zero-order valence-corrected chi connectivity index (χ0v) is 24.5. The summed E-state index contributed by atoms with van der Waals surface area (Å²) >= 11 is 0. The van der Waals surface area contributed by atoms with Crippen LogP contribution in [0.4, 0.5) is 10.2 Å². The average Bonchev–Trinajstić information content (AvgIpc) is 3.71. The number of rotatable bonds is 9. The molecule has 1 aliphatic heterocycles. The number of hydrogen-bond donors (Lipinski definition) is 3. The van der Waals surface area contributed by atoms with Gasteiger partial charge in [0.05, 0.1) is 38.1 Å². The quantitative estimate of drug-likeness (QED) is 0.233. The van der Waals surface area contributed by atoms with Crippen LogP contribution in [0.25, 0.3) is 11.0 Å². The van der Waals surface area contributed by atoms with Gasteiger partial charge in [-0.05, 0) is 25.0 Å². The van der Waals surface area contributed by atoms with Crippen molar-refractivity contribution in [2.24, 2.45) is 16.8 Å². The number of ether oxygens (including phenoxy) is 2. The van der Waals surface area contributed by atoms with Crippen LogP contribution < -0.4 is 25.5 Å². The molecule has 2 aliphatic rings. The fraction of sp³-hybridized carbons (Fsp3) is 0.407. The Hall–Kier alpha value is -4.28. The van der Waals surface area contributed by atoms with E-state index in [1.165, 1.54) is 6.20 Å². The standard InChI is InChI=1S/C26H28FN5O6.CH4O3S/c1-36-21-5-3-4-14(23(21)37-2)13-38-30-20-12-31(10-15(20)9-28)25-19(27)8-17-22(33)18(26(34)35)11-32(16-6-7-16)24(17)29-25;1-5(2,3)4/h3-5,8,11,15-16H,6-7,9-10,12-13,28H2,1-2H3,(H,34,35);1H3,(H,2,3,4)/b30-20+;. The molecule has 232 valence electrons. The monoisotopic (exact) mass is 621 g/mol. The van der Waals surface area contributed by atoms with Gasteiger partial charge < -0.3 is 34.6 Å². The Morgan fingerprint density at radius 3 is 2.53 bits per heavy atom. The number of anilines is 1. The number of hydrogen-bond acceptors (Lipinski definition) is 11. The third kappa shape index (κ3) is 7.39. The Morgan fingerprint density at radius 2 is 1.95 bits per heavy atom. The van der Waals surface area contributed by atoms with E-state index in [9.17, 15) is 23.1 Å². The largest absolute Gasteiger partial charge is 0.493 e. The maximum absolute atomic E-state index is 15.3. The molecule has 0 bridgehead atoms. The lowest BCUT2D eigenvalue weighted by Gasteiger charge is -2.19. The number of oxime groups is 1. The molecule has 14 nitrogen and oxygen atoms in total. The second kappa shape index (κ2) is 12.9. The van der Waals surface area contributed by atoms with Crippen LogP contribution in [-0.4, -0.2) is 79.4 Å². The fourth-order valence-corrected chi connectivity index (χ4v) is 4.73. The lowest BCUT2D eigenvalue weighted by atomic mass is 10.1. The van der Waals surface area contributed by atoms with Crippen molar-refractivity contribution in [3.05, 3.63) is 57.6 Å². The van der Waals surface area contributed by atoms with Gasteiger partial charge in [-0.2, -0.15) is 8.42 Å². The van der Waals surface area contributed by atoms with Crippen LogP contribution in [0, 0.1) is 11.7 Å². The molecular formula is C27H32FN5O9S. The normalized spacial score (nSPS) is 17.5. The summed E-state index contributed by atoms with van der Waals surface area (Å²) in [5.41, 5.74) is 6.46. The number of carboxylic acids is 1. The first-order valence-electron chi connectivity index (χ1n) is 13.1. The summed E-state index contributed by atoms with van der Waals surface area (Å²) in [5, 5.41) is 13.7. The maximum atomic E-state index is 15.3. The number of aromatic carboxylic acids is 1. The zero-order chi connectivity index (χ0) is 31.5. The number of fused-ring (bicyclic) bond motifs is 1. The highest BCUT2D eigenvalue weighted by Gasteiger charge is 2.33. The number of para-hydroxylation sites is 1. The number of carboxylic acid groups (broad SMARTS) is 1. The molecule has 0 amide bonds. The van der Waals surface area contributed by atoms with Crippen molar-refractivity contribution in [3.63, 3.8) is 0 Å². The molecule has 1 unspecified atom stereocenters. The first-order valence-corrected chi connectivity index (χ1v) is 15.0. The van der Waals surface area contributed by atoms with E-state index in [1.807, 2.05) is 12.1 Å². The number of carbonyl (C=O) groups is 1. The Kier molecular flexibility index (Phi) is 9.52. The van der Waals surface area contributed by atoms with Gasteiger partial charge in [0.15, 0.2) is 23.1 Å². The van der Waals surface area contributed by atoms with E-state index in [0.29, 0.717) is 30.0 Å². The van der Waals surface area contributed by atoms with Gasteiger partial charge in [-0.15, -0.1) is 0 Å². The van der Waals surface area contributed by atoms with Crippen LogP contribution in [0.3, 0.4) is 0 Å². The van der Waals surface area contributed by atoms with Crippen molar-refractivity contribution in [2.45, 2.75) is 25.5 Å². The number of aromatic nitrogens is 2. The Morgan fingerprint density at radius 1 is 1.26 bits per heavy atom. The first kappa shape index (κ1) is 31.7. The fourth-order valence-electron chi connectivity index (χ4n) is 4.73. The van der Waals surface area contributed by atoms with E-state index >= 15 is 4.39 Å². The van der Waals surface area contributed by atoms with Crippen molar-refractivity contribution >= 4 is 38.7 Å². The minimum atomic E-state index is -3.67. The van der Waals surface area contributed by atoms with Crippen molar-refractivity contribution in [3.8, 4) is 11.5 Å². The molecule has 2 fully saturated rings. The van der Waals surface area contributed by atoms with Gasteiger partial charge in [0.25, 0.3) is 10.1 Å². The predicted octanol–water partition coefficient (Wildman–Crippen LogP) is 2.06. The van der Waals surface area contributed by atoms with Crippen LogP contribution in [0.15, 0.2) is 40.4 Å². The van der Waals surface area contributed by atoms with Gasteiger partial charge >= 0.3 is 5.97 Å². The van der Waals surface area contributed by atoms with Crippen LogP contribution in [-0.2, 0) is 21.6 Å². The summed E-state index contributed by atoms with van der Waals surface area (Å²) in [6, 6.07) is 6.54. The molecule has 1 aromatic carbocycles. The molecule has 43 heavy (non-hydrogen) atoms. The summed E-state index contributed by atoms with van der Waals surface area (Å²) in [5.74, 6) is -1.10. The summed E-state index contributed by atoms with van der Waals surface area (Å²) < 4.78 is 53.6. The molecule has 0 spiro atoms. The third-order valence-electron chi connectivity index (χ3n) is 6.85. The maximum Gasteiger partial charge on any atom is 0.341 e. The van der Waals surface area contributed by atoms with Crippen molar-refractivity contribution in [2.75, 3.05) is 45.0 Å². The average molecular weight is 622 g/mol. The molecule has 1 saturated heterocycles. The molecule has 1 atom stereocenters. The highest BCUT2D eigenvalue weighted by molar-refractivity contribution is 7.85. The topological polar surface area (TPSA) is 196 Å². The van der Waals surface area contributed by atoms with Crippen LogP contribution in [0.2, 0.25) is 0 Å². The number of benzene rings is 1. The Labute approximate surface area is 246 Å². The number of methoxy groups -OCH3 is 2. The van der Waals surface area contributed by atoms with E-state index in [2.05, 4.69) is 10.1 Å². The minimum absolute atomic E-state index is 0.0245. The second-order valence-corrected chi connectivity index (χ2v) is 11.5. The van der Waals surface area contributed by atoms with Gasteiger partial charge in [0.2, 0.25) is 5.43 Å². The predicted molar refractivity (Wildman–Crippen MR) is 155 cm³/mol. The first-order chi connectivity index (χ1) is 20.4. The van der Waals surface area contributed by atoms with Crippen molar-refractivity contribution < 1.29 is 41.6 Å². The molecule has 2 aromatic heterocycles. The van der Waals surface area contributed by atoms with Gasteiger partial charge in [0, 0.05) is 36.8 Å². The van der Waals surface area contributed by atoms with E-state index in [1.54, 1.807) is 29.8 Å². The third-order valence-corrected chi connectivity index (χ3v) is 6.85. The van der Waals surface area contributed by atoms with Gasteiger partial charge in [-0.3, -0.25) is 9.35 Å². The highest BCUT2D eigenvalue weighted by Crippen LogP contribution is 2.37. The van der Waals surface area contributed by atoms with Crippen LogP contribution in [0.1, 0.15) is 34.8 Å². The number of pyridine rings is 2. The zero-order valence-electron chi connectivity index (χ0n) is 23.7. The molecule has 1 aliphatic carbocycles. The summed E-state index contributed by atoms with van der Waals surface area (Å²) in [7, 11) is -0.570. The van der Waals surface area contributed by atoms with E-state index in [-0.39, 0.29) is 48.5 Å². The second-order valence-electron chi connectivity index (χ2n) is 10.0. The summed E-state index contributed by atoms with van der Waals surface area (Å²) in [6.07, 6.45) is 3.68. The Balaban J connectivity index is 0.000000782. The van der Waals surface area contributed by atoms with Crippen molar-refractivity contribution in [1.29, 1.82) is 0 Å². The van der Waals surface area contributed by atoms with Crippen LogP contribution >= 0.6 is 0 Å². The molecule has 1 saturated carbocycles. The van der Waals surface area contributed by atoms with Gasteiger partial charge in [-0.1, -0.05) is 17.3 Å². The molecule has 16 heteroatoms. The summed E-state index contributed by atoms with van der Waals surface area (Å²) in [4.78, 5) is 36.2. The van der Waals surface area contributed by atoms with Gasteiger partial charge in [-0.25, -0.2) is 14.2 Å². The van der Waals surface area contributed by atoms with Crippen molar-refractivity contribution in [1.82, 2.24) is 9.55 Å².